The summed E-state index contributed by atoms with van der Waals surface area (Å²) in [7, 11) is 0. The second-order valence-corrected chi connectivity index (χ2v) is 14.3. The molecule has 0 fully saturated rings. The van der Waals surface area contributed by atoms with Gasteiger partial charge in [0.15, 0.2) is 0 Å². The van der Waals surface area contributed by atoms with Crippen molar-refractivity contribution in [2.45, 2.75) is 122 Å². The van der Waals surface area contributed by atoms with Crippen molar-refractivity contribution < 1.29 is 15.3 Å². The van der Waals surface area contributed by atoms with Crippen LogP contribution in [0.3, 0.4) is 0 Å². The maximum atomic E-state index is 10.9. The number of benzene rings is 4. The Balaban J connectivity index is 2.56. The zero-order valence-corrected chi connectivity index (χ0v) is 30.3. The monoisotopic (exact) mass is 606 g/mol. The highest BCUT2D eigenvalue weighted by Crippen LogP contribution is 2.55. The van der Waals surface area contributed by atoms with Crippen LogP contribution in [0.2, 0.25) is 0 Å². The Morgan fingerprint density at radius 2 is 0.533 bits per heavy atom. The summed E-state index contributed by atoms with van der Waals surface area (Å²) in [5.74, 6) is 1.53. The first-order valence-electron chi connectivity index (χ1n) is 16.5. The maximum Gasteiger partial charge on any atom is 0.119 e. The maximum absolute atomic E-state index is 10.9. The van der Waals surface area contributed by atoms with Gasteiger partial charge in [0, 0.05) is 0 Å². The number of aromatic hydroxyl groups is 3. The normalized spacial score (nSPS) is 11.9. The third kappa shape index (κ3) is 5.43. The highest BCUT2D eigenvalue weighted by Gasteiger charge is 2.34. The van der Waals surface area contributed by atoms with E-state index in [0.29, 0.717) is 17.2 Å². The molecule has 3 nitrogen and oxygen atoms in total. The smallest absolute Gasteiger partial charge is 0.119 e. The standard InChI is InChI=1S/C42H54O3/c1-19(2)34-40(37-22(7)16-31(43)25(10)28(37)13)35(20(3)4)42(39-24(9)18-33(45)27(12)30(39)15)36(21(5)6)41(34)38-23(8)17-32(44)26(11)29(38)14/h16-21,43-45H,1-15H3. The Kier molecular flexibility index (Phi) is 9.29. The van der Waals surface area contributed by atoms with Gasteiger partial charge >= 0.3 is 0 Å². The average molecular weight is 607 g/mol. The zero-order chi connectivity index (χ0) is 34.0. The lowest BCUT2D eigenvalue weighted by molar-refractivity contribution is 0.469. The van der Waals surface area contributed by atoms with Crippen LogP contribution in [0.5, 0.6) is 17.2 Å². The summed E-state index contributed by atoms with van der Waals surface area (Å²) >= 11 is 0. The van der Waals surface area contributed by atoms with Crippen LogP contribution in [-0.2, 0) is 0 Å². The molecule has 240 valence electrons. The summed E-state index contributed by atoms with van der Waals surface area (Å²) in [6.07, 6.45) is 0. The van der Waals surface area contributed by atoms with E-state index < -0.39 is 0 Å². The van der Waals surface area contributed by atoms with E-state index in [-0.39, 0.29) is 17.8 Å². The molecule has 45 heavy (non-hydrogen) atoms. The molecule has 0 amide bonds. The number of rotatable bonds is 6. The van der Waals surface area contributed by atoms with Gasteiger partial charge < -0.3 is 15.3 Å². The lowest BCUT2D eigenvalue weighted by atomic mass is 9.68. The van der Waals surface area contributed by atoms with Gasteiger partial charge in [-0.25, -0.2) is 0 Å². The van der Waals surface area contributed by atoms with Crippen LogP contribution < -0.4 is 0 Å². The Hall–Kier alpha value is -3.72. The quantitative estimate of drug-likeness (QED) is 0.205. The number of hydrogen-bond donors (Lipinski definition) is 3. The fourth-order valence-electron chi connectivity index (χ4n) is 7.69. The molecular weight excluding hydrogens is 552 g/mol. The Morgan fingerprint density at radius 1 is 0.333 bits per heavy atom. The molecule has 0 spiro atoms. The molecule has 0 saturated heterocycles. The molecule has 0 saturated carbocycles. The van der Waals surface area contributed by atoms with Gasteiger partial charge in [0.2, 0.25) is 0 Å². The first-order valence-corrected chi connectivity index (χ1v) is 16.5. The van der Waals surface area contributed by atoms with Crippen LogP contribution in [0.4, 0.5) is 0 Å². The number of phenolic OH excluding ortho intramolecular Hbond substituents is 3. The molecule has 4 aromatic rings. The van der Waals surface area contributed by atoms with Crippen molar-refractivity contribution >= 4 is 0 Å². The predicted octanol–water partition coefficient (Wildman–Crippen LogP) is 12.0. The second kappa shape index (κ2) is 12.2. The third-order valence-electron chi connectivity index (χ3n) is 10.3. The SMILES string of the molecule is Cc1cc(O)c(C)c(C)c1-c1c(C(C)C)c(-c2c(C)cc(O)c(C)c2C)c(C(C)C)c(-c2c(C)cc(O)c(C)c2C)c1C(C)C. The van der Waals surface area contributed by atoms with Crippen molar-refractivity contribution in [2.24, 2.45) is 0 Å². The van der Waals surface area contributed by atoms with E-state index in [1.807, 2.05) is 39.0 Å². The molecule has 0 bridgehead atoms. The molecule has 0 aliphatic rings. The summed E-state index contributed by atoms with van der Waals surface area (Å²) in [5, 5.41) is 32.7. The predicted molar refractivity (Wildman–Crippen MR) is 193 cm³/mol. The minimum atomic E-state index is 0.184. The molecule has 0 radical (unpaired) electrons. The van der Waals surface area contributed by atoms with Crippen LogP contribution in [0.15, 0.2) is 18.2 Å². The largest absolute Gasteiger partial charge is 0.508 e. The zero-order valence-electron chi connectivity index (χ0n) is 30.3. The first-order chi connectivity index (χ1) is 20.8. The number of aryl methyl sites for hydroxylation is 3. The molecule has 0 aromatic heterocycles. The lowest BCUT2D eigenvalue weighted by Crippen LogP contribution is -2.14. The Bertz CT molecular complexity index is 1600. The Labute approximate surface area is 272 Å². The van der Waals surface area contributed by atoms with Crippen molar-refractivity contribution in [3.05, 3.63) is 85.0 Å². The van der Waals surface area contributed by atoms with E-state index in [1.165, 1.54) is 50.1 Å². The molecule has 4 aromatic carbocycles. The van der Waals surface area contributed by atoms with Crippen LogP contribution in [0.1, 0.15) is 126 Å². The summed E-state index contributed by atoms with van der Waals surface area (Å²) in [4.78, 5) is 0. The fourth-order valence-corrected chi connectivity index (χ4v) is 7.69. The van der Waals surface area contributed by atoms with Gasteiger partial charge in [-0.1, -0.05) is 41.5 Å². The molecule has 0 unspecified atom stereocenters. The van der Waals surface area contributed by atoms with Gasteiger partial charge in [-0.2, -0.15) is 0 Å². The van der Waals surface area contributed by atoms with Crippen molar-refractivity contribution in [3.8, 4) is 50.6 Å². The molecule has 3 heteroatoms. The van der Waals surface area contributed by atoms with Crippen LogP contribution in [-0.4, -0.2) is 15.3 Å². The van der Waals surface area contributed by atoms with Crippen LogP contribution in [0.25, 0.3) is 33.4 Å². The number of phenols is 3. The molecule has 0 heterocycles. The van der Waals surface area contributed by atoms with E-state index >= 15 is 0 Å². The summed E-state index contributed by atoms with van der Waals surface area (Å²) in [5.41, 5.74) is 20.4. The molecule has 0 atom stereocenters. The van der Waals surface area contributed by atoms with Crippen LogP contribution in [0, 0.1) is 62.3 Å². The van der Waals surface area contributed by atoms with E-state index in [9.17, 15) is 15.3 Å². The van der Waals surface area contributed by atoms with E-state index in [0.717, 1.165) is 50.1 Å². The molecule has 0 aliphatic heterocycles. The van der Waals surface area contributed by atoms with E-state index in [1.54, 1.807) is 0 Å². The minimum absolute atomic E-state index is 0.184. The second-order valence-electron chi connectivity index (χ2n) is 14.3. The van der Waals surface area contributed by atoms with Crippen LogP contribution >= 0.6 is 0 Å². The van der Waals surface area contributed by atoms with E-state index in [2.05, 4.69) is 83.1 Å². The fraction of sp³-hybridized carbons (Fsp3) is 0.429. The first kappa shape index (κ1) is 34.2. The molecule has 4 rings (SSSR count). The van der Waals surface area contributed by atoms with Crippen molar-refractivity contribution in [1.29, 1.82) is 0 Å². The minimum Gasteiger partial charge on any atom is -0.508 e. The van der Waals surface area contributed by atoms with Gasteiger partial charge in [0.1, 0.15) is 17.2 Å². The van der Waals surface area contributed by atoms with Gasteiger partial charge in [-0.3, -0.25) is 0 Å². The van der Waals surface area contributed by atoms with Gasteiger partial charge in [0.25, 0.3) is 0 Å². The third-order valence-corrected chi connectivity index (χ3v) is 10.3. The Morgan fingerprint density at radius 3 is 0.711 bits per heavy atom. The molecule has 3 N–H and O–H groups in total. The molecular formula is C42H54O3. The molecule has 0 aliphatic carbocycles. The van der Waals surface area contributed by atoms with Crippen molar-refractivity contribution in [1.82, 2.24) is 0 Å². The van der Waals surface area contributed by atoms with Gasteiger partial charge in [-0.05, 0) is 198 Å². The topological polar surface area (TPSA) is 60.7 Å². The summed E-state index contributed by atoms with van der Waals surface area (Å²) in [6, 6.07) is 5.76. The van der Waals surface area contributed by atoms with E-state index in [4.69, 9.17) is 0 Å². The van der Waals surface area contributed by atoms with Gasteiger partial charge in [-0.15, -0.1) is 0 Å². The highest BCUT2D eigenvalue weighted by atomic mass is 16.3. The lowest BCUT2D eigenvalue weighted by Gasteiger charge is -2.35. The summed E-state index contributed by atoms with van der Waals surface area (Å²) < 4.78 is 0. The number of hydrogen-bond acceptors (Lipinski definition) is 3. The average Bonchev–Trinajstić information content (AvgIpc) is 2.93. The van der Waals surface area contributed by atoms with Crippen molar-refractivity contribution in [2.75, 3.05) is 0 Å². The van der Waals surface area contributed by atoms with Gasteiger partial charge in [0.05, 0.1) is 0 Å². The highest BCUT2D eigenvalue weighted by molar-refractivity contribution is 5.97. The summed E-state index contributed by atoms with van der Waals surface area (Å²) in [6.45, 7) is 32.6. The van der Waals surface area contributed by atoms with Crippen molar-refractivity contribution in [3.63, 3.8) is 0 Å².